The van der Waals surface area contributed by atoms with Crippen molar-refractivity contribution in [3.8, 4) is 5.75 Å². The number of carbonyl (C=O) groups excluding carboxylic acids is 1. The van der Waals surface area contributed by atoms with Crippen molar-refractivity contribution >= 4 is 27.6 Å². The first-order valence-corrected chi connectivity index (χ1v) is 6.52. The van der Waals surface area contributed by atoms with Crippen LogP contribution in [0.25, 0.3) is 0 Å². The lowest BCUT2D eigenvalue weighted by molar-refractivity contribution is -0.386. The number of nitro groups is 1. The largest absolute Gasteiger partial charge is 0.462 e. The molecule has 20 heavy (non-hydrogen) atoms. The fourth-order valence-corrected chi connectivity index (χ4v) is 1.92. The Kier molecular flexibility index (Phi) is 5.81. The highest BCUT2D eigenvalue weighted by Crippen LogP contribution is 2.33. The van der Waals surface area contributed by atoms with Crippen LogP contribution in [0.4, 0.5) is 14.5 Å². The zero-order chi connectivity index (χ0) is 15.3. The molecule has 0 atom stereocenters. The van der Waals surface area contributed by atoms with Crippen LogP contribution in [0.3, 0.4) is 0 Å². The monoisotopic (exact) mass is 353 g/mol. The van der Waals surface area contributed by atoms with E-state index in [-0.39, 0.29) is 23.1 Å². The summed E-state index contributed by atoms with van der Waals surface area (Å²) in [7, 11) is 0. The van der Waals surface area contributed by atoms with Gasteiger partial charge in [0, 0.05) is 11.4 Å². The van der Waals surface area contributed by atoms with Crippen LogP contribution in [-0.4, -0.2) is 24.1 Å². The van der Waals surface area contributed by atoms with E-state index >= 15 is 0 Å². The number of halogens is 3. The van der Waals surface area contributed by atoms with Crippen LogP contribution in [0.15, 0.2) is 12.1 Å². The maximum atomic E-state index is 12.2. The van der Waals surface area contributed by atoms with Crippen LogP contribution in [0.2, 0.25) is 0 Å². The molecular formula is C11H10BrF2NO5. The Hall–Kier alpha value is -1.77. The lowest BCUT2D eigenvalue weighted by Gasteiger charge is -2.10. The minimum absolute atomic E-state index is 0.0722. The lowest BCUT2D eigenvalue weighted by Crippen LogP contribution is -2.11. The highest BCUT2D eigenvalue weighted by atomic mass is 79.9. The molecule has 0 aliphatic rings. The van der Waals surface area contributed by atoms with Gasteiger partial charge < -0.3 is 9.47 Å². The van der Waals surface area contributed by atoms with Crippen molar-refractivity contribution in [1.29, 1.82) is 0 Å². The molecule has 0 unspecified atom stereocenters. The lowest BCUT2D eigenvalue weighted by atomic mass is 10.1. The summed E-state index contributed by atoms with van der Waals surface area (Å²) in [5.41, 5.74) is -0.542. The Bertz CT molecular complexity index is 524. The second kappa shape index (κ2) is 7.13. The molecule has 110 valence electrons. The minimum atomic E-state index is -3.20. The van der Waals surface area contributed by atoms with Gasteiger partial charge in [0.25, 0.3) is 0 Å². The summed E-state index contributed by atoms with van der Waals surface area (Å²) in [4.78, 5) is 21.6. The zero-order valence-electron chi connectivity index (χ0n) is 10.3. The van der Waals surface area contributed by atoms with Crippen molar-refractivity contribution in [2.75, 3.05) is 6.61 Å². The quantitative estimate of drug-likeness (QED) is 0.339. The van der Waals surface area contributed by atoms with Gasteiger partial charge in [-0.15, -0.1) is 0 Å². The summed E-state index contributed by atoms with van der Waals surface area (Å²) < 4.78 is 33.3. The molecule has 0 saturated carbocycles. The Morgan fingerprint density at radius 3 is 2.60 bits per heavy atom. The number of nitro benzene ring substituents is 1. The van der Waals surface area contributed by atoms with Gasteiger partial charge in [-0.25, -0.2) is 4.79 Å². The average molecular weight is 354 g/mol. The van der Waals surface area contributed by atoms with Crippen LogP contribution in [0, 0.1) is 10.1 Å². The van der Waals surface area contributed by atoms with E-state index in [9.17, 15) is 23.7 Å². The third-order valence-corrected chi connectivity index (χ3v) is 2.84. The van der Waals surface area contributed by atoms with Crippen LogP contribution in [0.5, 0.6) is 5.75 Å². The fourth-order valence-electron chi connectivity index (χ4n) is 1.45. The molecule has 1 rings (SSSR count). The van der Waals surface area contributed by atoms with Crippen LogP contribution >= 0.6 is 15.9 Å². The van der Waals surface area contributed by atoms with E-state index in [1.165, 1.54) is 0 Å². The number of alkyl halides is 3. The maximum absolute atomic E-state index is 12.2. The van der Waals surface area contributed by atoms with E-state index in [1.807, 2.05) is 0 Å². The van der Waals surface area contributed by atoms with Gasteiger partial charge in [-0.2, -0.15) is 8.78 Å². The van der Waals surface area contributed by atoms with Crippen molar-refractivity contribution in [3.05, 3.63) is 33.4 Å². The van der Waals surface area contributed by atoms with Crippen molar-refractivity contribution in [2.45, 2.75) is 18.9 Å². The molecule has 1 aromatic rings. The van der Waals surface area contributed by atoms with Gasteiger partial charge in [0.2, 0.25) is 5.75 Å². The number of ether oxygens (including phenoxy) is 2. The summed E-state index contributed by atoms with van der Waals surface area (Å²) in [6.07, 6.45) is 0. The predicted octanol–water partition coefficient (Wildman–Crippen LogP) is 3.27. The fraction of sp³-hybridized carbons (Fsp3) is 0.364. The molecule has 0 saturated heterocycles. The maximum Gasteiger partial charge on any atom is 0.387 e. The first kappa shape index (κ1) is 16.3. The summed E-state index contributed by atoms with van der Waals surface area (Å²) in [6.45, 7) is -1.54. The van der Waals surface area contributed by atoms with E-state index in [4.69, 9.17) is 4.74 Å². The summed E-state index contributed by atoms with van der Waals surface area (Å²) in [5.74, 6) is -1.37. The number of esters is 1. The van der Waals surface area contributed by atoms with E-state index in [1.54, 1.807) is 6.92 Å². The molecule has 0 aliphatic heterocycles. The molecule has 0 fully saturated rings. The number of hydrogen-bond donors (Lipinski definition) is 0. The zero-order valence-corrected chi connectivity index (χ0v) is 11.9. The average Bonchev–Trinajstić information content (AvgIpc) is 2.37. The SMILES string of the molecule is CCOC(=O)c1cc([N+](=O)[O-])c(OC(F)F)cc1CBr. The Labute approximate surface area is 120 Å². The second-order valence-corrected chi connectivity index (χ2v) is 4.03. The highest BCUT2D eigenvalue weighted by molar-refractivity contribution is 9.08. The second-order valence-electron chi connectivity index (χ2n) is 3.47. The predicted molar refractivity (Wildman–Crippen MR) is 68.3 cm³/mol. The van der Waals surface area contributed by atoms with Crippen LogP contribution in [-0.2, 0) is 10.1 Å². The summed E-state index contributed by atoms with van der Waals surface area (Å²) in [6, 6.07) is 1.89. The Morgan fingerprint density at radius 2 is 2.15 bits per heavy atom. The van der Waals surface area contributed by atoms with Crippen molar-refractivity contribution < 1.29 is 28.0 Å². The summed E-state index contributed by atoms with van der Waals surface area (Å²) >= 11 is 3.07. The summed E-state index contributed by atoms with van der Waals surface area (Å²) in [5, 5.41) is 11.0. The molecule has 6 nitrogen and oxygen atoms in total. The first-order valence-electron chi connectivity index (χ1n) is 5.39. The van der Waals surface area contributed by atoms with Gasteiger partial charge in [-0.3, -0.25) is 10.1 Å². The third-order valence-electron chi connectivity index (χ3n) is 2.24. The number of rotatable bonds is 6. The van der Waals surface area contributed by atoms with Gasteiger partial charge >= 0.3 is 18.3 Å². The van der Waals surface area contributed by atoms with E-state index < -0.39 is 28.9 Å². The third kappa shape index (κ3) is 3.86. The molecule has 0 aliphatic carbocycles. The van der Waals surface area contributed by atoms with Crippen LogP contribution < -0.4 is 4.74 Å². The highest BCUT2D eigenvalue weighted by Gasteiger charge is 2.25. The van der Waals surface area contributed by atoms with Gasteiger partial charge in [0.1, 0.15) is 0 Å². The topological polar surface area (TPSA) is 78.7 Å². The van der Waals surface area contributed by atoms with Crippen LogP contribution in [0.1, 0.15) is 22.8 Å². The first-order chi connectivity index (χ1) is 9.40. The van der Waals surface area contributed by atoms with Gasteiger partial charge in [-0.1, -0.05) is 15.9 Å². The molecule has 0 aromatic heterocycles. The molecule has 0 spiro atoms. The van der Waals surface area contributed by atoms with Crippen molar-refractivity contribution in [2.24, 2.45) is 0 Å². The van der Waals surface area contributed by atoms with Gasteiger partial charge in [0.05, 0.1) is 17.1 Å². The minimum Gasteiger partial charge on any atom is -0.462 e. The number of benzene rings is 1. The number of carbonyl (C=O) groups is 1. The van der Waals surface area contributed by atoms with Crippen molar-refractivity contribution in [1.82, 2.24) is 0 Å². The van der Waals surface area contributed by atoms with E-state index in [2.05, 4.69) is 20.7 Å². The number of nitrogens with zero attached hydrogens (tertiary/aromatic N) is 1. The Morgan fingerprint density at radius 1 is 1.50 bits per heavy atom. The van der Waals surface area contributed by atoms with Crippen molar-refractivity contribution in [3.63, 3.8) is 0 Å². The normalized spacial score (nSPS) is 10.4. The molecule has 9 heteroatoms. The van der Waals surface area contributed by atoms with E-state index in [0.29, 0.717) is 0 Å². The Balaban J connectivity index is 3.36. The van der Waals surface area contributed by atoms with Gasteiger partial charge in [-0.05, 0) is 18.6 Å². The smallest absolute Gasteiger partial charge is 0.387 e. The standard InChI is InChI=1S/C11H10BrF2NO5/c1-2-19-10(16)7-4-8(15(17)18)9(20-11(13)14)3-6(7)5-12/h3-4,11H,2,5H2,1H3. The molecule has 1 aromatic carbocycles. The van der Waals surface area contributed by atoms with E-state index in [0.717, 1.165) is 12.1 Å². The molecule has 0 bridgehead atoms. The number of hydrogen-bond acceptors (Lipinski definition) is 5. The van der Waals surface area contributed by atoms with Gasteiger partial charge in [0.15, 0.2) is 0 Å². The molecule has 0 radical (unpaired) electrons. The molecule has 0 amide bonds. The molecule has 0 N–H and O–H groups in total. The molecule has 0 heterocycles. The molecular weight excluding hydrogens is 344 g/mol.